The zero-order valence-corrected chi connectivity index (χ0v) is 18.0. The zero-order chi connectivity index (χ0) is 21.1. The molecule has 1 amide bonds. The minimum absolute atomic E-state index is 0.00928. The van der Waals surface area contributed by atoms with E-state index in [0.29, 0.717) is 5.69 Å². The predicted molar refractivity (Wildman–Crippen MR) is 114 cm³/mol. The summed E-state index contributed by atoms with van der Waals surface area (Å²) in [4.78, 5) is 26.2. The first-order valence-corrected chi connectivity index (χ1v) is 10.2. The number of piperazine rings is 1. The Morgan fingerprint density at radius 1 is 1.14 bits per heavy atom. The third kappa shape index (κ3) is 5.22. The molecule has 1 aliphatic rings. The molecule has 1 aromatic carbocycles. The molecule has 1 N–H and O–H groups in total. The maximum atomic E-state index is 13.3. The summed E-state index contributed by atoms with van der Waals surface area (Å²) < 4.78 is 13.3. The van der Waals surface area contributed by atoms with Crippen LogP contribution in [0.2, 0.25) is 5.02 Å². The summed E-state index contributed by atoms with van der Waals surface area (Å²) in [6, 6.07) is 5.88. The Balaban J connectivity index is 1.59. The molecular formula is C21H27ClFN5O. The summed E-state index contributed by atoms with van der Waals surface area (Å²) in [5.41, 5.74) is 1.45. The molecule has 6 nitrogen and oxygen atoms in total. The first-order valence-electron chi connectivity index (χ1n) is 9.85. The number of aromatic nitrogens is 2. The number of hydrogen-bond acceptors (Lipinski definition) is 5. The number of anilines is 2. The Labute approximate surface area is 176 Å². The van der Waals surface area contributed by atoms with Crippen LogP contribution in [0.1, 0.15) is 38.2 Å². The topological polar surface area (TPSA) is 61.4 Å². The summed E-state index contributed by atoms with van der Waals surface area (Å²) >= 11 is 5.79. The van der Waals surface area contributed by atoms with Gasteiger partial charge in [0.1, 0.15) is 17.5 Å². The van der Waals surface area contributed by atoms with Crippen LogP contribution in [-0.2, 0) is 4.79 Å². The van der Waals surface area contributed by atoms with Crippen LogP contribution in [0.4, 0.5) is 15.9 Å². The average Bonchev–Trinajstić information content (AvgIpc) is 2.69. The smallest absolute Gasteiger partial charge is 0.241 e. The Kier molecular flexibility index (Phi) is 6.70. The van der Waals surface area contributed by atoms with Gasteiger partial charge in [0.2, 0.25) is 5.91 Å². The molecule has 156 valence electrons. The van der Waals surface area contributed by atoms with Gasteiger partial charge in [0.05, 0.1) is 11.1 Å². The van der Waals surface area contributed by atoms with Gasteiger partial charge in [-0.1, -0.05) is 25.4 Å². The Morgan fingerprint density at radius 2 is 1.83 bits per heavy atom. The fourth-order valence-corrected chi connectivity index (χ4v) is 3.50. The third-order valence-electron chi connectivity index (χ3n) is 5.13. The van der Waals surface area contributed by atoms with Crippen molar-refractivity contribution in [3.63, 3.8) is 0 Å². The molecular weight excluding hydrogens is 393 g/mol. The molecule has 0 unspecified atom stereocenters. The van der Waals surface area contributed by atoms with Gasteiger partial charge in [-0.05, 0) is 32.0 Å². The molecule has 1 saturated heterocycles. The summed E-state index contributed by atoms with van der Waals surface area (Å²) in [7, 11) is 0. The Morgan fingerprint density at radius 3 is 2.45 bits per heavy atom. The highest BCUT2D eigenvalue weighted by molar-refractivity contribution is 6.31. The second kappa shape index (κ2) is 9.05. The monoisotopic (exact) mass is 419 g/mol. The lowest BCUT2D eigenvalue weighted by Gasteiger charge is -2.38. The normalized spacial score (nSPS) is 16.2. The summed E-state index contributed by atoms with van der Waals surface area (Å²) in [5.74, 6) is 1.43. The van der Waals surface area contributed by atoms with Gasteiger partial charge >= 0.3 is 0 Å². The van der Waals surface area contributed by atoms with Crippen LogP contribution in [0.25, 0.3) is 0 Å². The zero-order valence-electron chi connectivity index (χ0n) is 17.2. The number of hydrogen-bond donors (Lipinski definition) is 1. The first-order chi connectivity index (χ1) is 13.7. The van der Waals surface area contributed by atoms with Crippen LogP contribution in [0.15, 0.2) is 24.3 Å². The second-order valence-electron chi connectivity index (χ2n) is 7.70. The number of aryl methyl sites for hydroxylation is 1. The molecule has 0 spiro atoms. The number of halogens is 2. The van der Waals surface area contributed by atoms with Crippen LogP contribution in [0.5, 0.6) is 0 Å². The molecule has 1 aliphatic heterocycles. The van der Waals surface area contributed by atoms with Crippen molar-refractivity contribution in [2.24, 2.45) is 0 Å². The minimum atomic E-state index is -0.505. The number of benzene rings is 1. The van der Waals surface area contributed by atoms with E-state index < -0.39 is 5.82 Å². The molecule has 0 radical (unpaired) electrons. The molecule has 1 aromatic heterocycles. The Bertz CT molecular complexity index is 883. The number of amides is 1. The van der Waals surface area contributed by atoms with Crippen molar-refractivity contribution in [1.29, 1.82) is 0 Å². The largest absolute Gasteiger partial charge is 0.354 e. The van der Waals surface area contributed by atoms with E-state index in [0.717, 1.165) is 43.5 Å². The molecule has 2 heterocycles. The number of carbonyl (C=O) groups excluding carboxylic acids is 1. The molecule has 2 aromatic rings. The molecule has 8 heteroatoms. The molecule has 3 rings (SSSR count). The average molecular weight is 420 g/mol. The standard InChI is InChI=1S/C21H27ClFN5O/c1-13(2)20-24-14(3)11-19(26-20)28-9-7-27(8-10-28)15(4)21(29)25-16-5-6-18(23)17(22)12-16/h5-6,11-13,15H,7-10H2,1-4H3,(H,25,29)/t15-/m0/s1. The van der Waals surface area contributed by atoms with E-state index in [1.807, 2.05) is 19.9 Å². The van der Waals surface area contributed by atoms with Gasteiger partial charge < -0.3 is 10.2 Å². The molecule has 29 heavy (non-hydrogen) atoms. The van der Waals surface area contributed by atoms with Crippen LogP contribution in [0, 0.1) is 12.7 Å². The highest BCUT2D eigenvalue weighted by atomic mass is 35.5. The molecule has 0 aliphatic carbocycles. The maximum absolute atomic E-state index is 13.3. The SMILES string of the molecule is Cc1cc(N2CCN([C@@H](C)C(=O)Nc3ccc(F)c(Cl)c3)CC2)nc(C(C)C)n1. The van der Waals surface area contributed by atoms with Gasteiger partial charge in [-0.3, -0.25) is 9.69 Å². The summed E-state index contributed by atoms with van der Waals surface area (Å²) in [5, 5.41) is 2.80. The van der Waals surface area contributed by atoms with Crippen molar-refractivity contribution in [2.45, 2.75) is 39.7 Å². The highest BCUT2D eigenvalue weighted by Gasteiger charge is 2.26. The van der Waals surface area contributed by atoms with Crippen LogP contribution < -0.4 is 10.2 Å². The van der Waals surface area contributed by atoms with Crippen molar-refractivity contribution in [3.05, 3.63) is 46.6 Å². The van der Waals surface area contributed by atoms with Crippen LogP contribution in [0.3, 0.4) is 0 Å². The van der Waals surface area contributed by atoms with E-state index in [1.54, 1.807) is 0 Å². The highest BCUT2D eigenvalue weighted by Crippen LogP contribution is 2.21. The van der Waals surface area contributed by atoms with E-state index in [1.165, 1.54) is 18.2 Å². The van der Waals surface area contributed by atoms with Crippen molar-refractivity contribution in [1.82, 2.24) is 14.9 Å². The third-order valence-corrected chi connectivity index (χ3v) is 5.42. The minimum Gasteiger partial charge on any atom is -0.354 e. The van der Waals surface area contributed by atoms with Crippen molar-refractivity contribution < 1.29 is 9.18 Å². The van der Waals surface area contributed by atoms with Gasteiger partial charge in [0, 0.05) is 49.5 Å². The number of nitrogens with zero attached hydrogens (tertiary/aromatic N) is 4. The molecule has 0 saturated carbocycles. The van der Waals surface area contributed by atoms with E-state index in [-0.39, 0.29) is 22.9 Å². The van der Waals surface area contributed by atoms with Crippen LogP contribution >= 0.6 is 11.6 Å². The maximum Gasteiger partial charge on any atom is 0.241 e. The fourth-order valence-electron chi connectivity index (χ4n) is 3.32. The van der Waals surface area contributed by atoms with Gasteiger partial charge in [-0.2, -0.15) is 0 Å². The lowest BCUT2D eigenvalue weighted by molar-refractivity contribution is -0.120. The van der Waals surface area contributed by atoms with Gasteiger partial charge in [-0.15, -0.1) is 0 Å². The number of rotatable bonds is 5. The lowest BCUT2D eigenvalue weighted by atomic mass is 10.2. The van der Waals surface area contributed by atoms with Gasteiger partial charge in [0.15, 0.2) is 0 Å². The number of carbonyl (C=O) groups is 1. The predicted octanol–water partition coefficient (Wildman–Crippen LogP) is 3.85. The van der Waals surface area contributed by atoms with E-state index in [9.17, 15) is 9.18 Å². The Hall–Kier alpha value is -2.25. The molecule has 1 fully saturated rings. The van der Waals surface area contributed by atoms with E-state index in [4.69, 9.17) is 16.6 Å². The second-order valence-corrected chi connectivity index (χ2v) is 8.10. The molecule has 1 atom stereocenters. The van der Waals surface area contributed by atoms with Crippen molar-refractivity contribution >= 4 is 29.0 Å². The molecule has 0 bridgehead atoms. The summed E-state index contributed by atoms with van der Waals surface area (Å²) in [6.45, 7) is 11.1. The quantitative estimate of drug-likeness (QED) is 0.797. The summed E-state index contributed by atoms with van der Waals surface area (Å²) in [6.07, 6.45) is 0. The lowest BCUT2D eigenvalue weighted by Crippen LogP contribution is -2.53. The van der Waals surface area contributed by atoms with Crippen molar-refractivity contribution in [3.8, 4) is 0 Å². The van der Waals surface area contributed by atoms with Gasteiger partial charge in [-0.25, -0.2) is 14.4 Å². The fraction of sp³-hybridized carbons (Fsp3) is 0.476. The number of nitrogens with one attached hydrogen (secondary N) is 1. The van der Waals surface area contributed by atoms with Crippen molar-refractivity contribution in [2.75, 3.05) is 36.4 Å². The van der Waals surface area contributed by atoms with E-state index in [2.05, 4.69) is 33.9 Å². The van der Waals surface area contributed by atoms with E-state index >= 15 is 0 Å². The van der Waals surface area contributed by atoms with Crippen LogP contribution in [-0.4, -0.2) is 53.0 Å². The first kappa shape index (κ1) is 21.5. The van der Waals surface area contributed by atoms with Gasteiger partial charge in [0.25, 0.3) is 0 Å².